The number of hydrogen-bond acceptors (Lipinski definition) is 5. The number of carbonyl (C=O) groups is 1. The van der Waals surface area contributed by atoms with Gasteiger partial charge < -0.3 is 20.3 Å². The lowest BCUT2D eigenvalue weighted by Crippen LogP contribution is -2.36. The number of nitrogens with one attached hydrogen (secondary N) is 2. The lowest BCUT2D eigenvalue weighted by atomic mass is 10.2. The van der Waals surface area contributed by atoms with Gasteiger partial charge in [0.05, 0.1) is 23.8 Å². The molecule has 1 aromatic carbocycles. The van der Waals surface area contributed by atoms with Gasteiger partial charge in [0, 0.05) is 25.5 Å². The van der Waals surface area contributed by atoms with Crippen LogP contribution in [0.2, 0.25) is 0 Å². The van der Waals surface area contributed by atoms with E-state index in [4.69, 9.17) is 4.74 Å². The Bertz CT molecular complexity index is 817. The van der Waals surface area contributed by atoms with Crippen molar-refractivity contribution in [2.24, 2.45) is 4.99 Å². The summed E-state index contributed by atoms with van der Waals surface area (Å²) in [5.74, 6) is 1.34. The highest BCUT2D eigenvalue weighted by molar-refractivity contribution is 7.11. The van der Waals surface area contributed by atoms with Crippen LogP contribution in [0.3, 0.4) is 0 Å². The second-order valence-corrected chi connectivity index (χ2v) is 7.80. The molecule has 0 bridgehead atoms. The Morgan fingerprint density at radius 1 is 1.29 bits per heavy atom. The molecule has 8 heteroatoms. The van der Waals surface area contributed by atoms with Crippen LogP contribution in [0.4, 0.5) is 0 Å². The fourth-order valence-electron chi connectivity index (χ4n) is 2.42. The molecule has 0 atom stereocenters. The summed E-state index contributed by atoms with van der Waals surface area (Å²) in [7, 11) is 3.42. The number of amides is 1. The van der Waals surface area contributed by atoms with Crippen LogP contribution in [0.15, 0.2) is 29.3 Å². The standard InChI is InChI=1S/C20H29N5O2S/c1-6-21-20(23-12-18-14(2)24-15(3)28-18)22-11-16-8-7-9-17(10-16)27-13-19(26)25(4)5/h7-10H,6,11-13H2,1-5H3,(H2,21,22,23). The van der Waals surface area contributed by atoms with E-state index in [0.717, 1.165) is 28.8 Å². The molecule has 0 fully saturated rings. The molecule has 0 aliphatic carbocycles. The van der Waals surface area contributed by atoms with Crippen molar-refractivity contribution in [2.45, 2.75) is 33.9 Å². The van der Waals surface area contributed by atoms with Crippen LogP contribution in [-0.2, 0) is 17.9 Å². The van der Waals surface area contributed by atoms with E-state index in [0.29, 0.717) is 18.8 Å². The quantitative estimate of drug-likeness (QED) is 0.523. The molecule has 0 radical (unpaired) electrons. The van der Waals surface area contributed by atoms with Gasteiger partial charge >= 0.3 is 0 Å². The van der Waals surface area contributed by atoms with E-state index in [1.54, 1.807) is 25.4 Å². The third-order valence-electron chi connectivity index (χ3n) is 3.94. The monoisotopic (exact) mass is 403 g/mol. The topological polar surface area (TPSA) is 78.9 Å². The zero-order valence-electron chi connectivity index (χ0n) is 17.2. The van der Waals surface area contributed by atoms with Gasteiger partial charge in [-0.25, -0.2) is 9.98 Å². The number of thiazole rings is 1. The Kier molecular flexibility index (Phi) is 8.25. The van der Waals surface area contributed by atoms with Gasteiger partial charge in [0.2, 0.25) is 0 Å². The molecule has 0 aliphatic rings. The van der Waals surface area contributed by atoms with Crippen LogP contribution in [0.5, 0.6) is 5.75 Å². The van der Waals surface area contributed by atoms with Crippen LogP contribution >= 0.6 is 11.3 Å². The van der Waals surface area contributed by atoms with Crippen molar-refractivity contribution in [3.05, 3.63) is 45.4 Å². The first-order valence-electron chi connectivity index (χ1n) is 9.26. The van der Waals surface area contributed by atoms with Crippen LogP contribution < -0.4 is 15.4 Å². The highest BCUT2D eigenvalue weighted by atomic mass is 32.1. The lowest BCUT2D eigenvalue weighted by molar-refractivity contribution is -0.130. The summed E-state index contributed by atoms with van der Waals surface area (Å²) in [6.45, 7) is 8.09. The van der Waals surface area contributed by atoms with Crippen molar-refractivity contribution in [3.63, 3.8) is 0 Å². The molecular formula is C20H29N5O2S. The van der Waals surface area contributed by atoms with E-state index in [9.17, 15) is 4.79 Å². The molecule has 0 spiro atoms. The van der Waals surface area contributed by atoms with E-state index < -0.39 is 0 Å². The molecule has 1 aromatic heterocycles. The summed E-state index contributed by atoms with van der Waals surface area (Å²) in [4.78, 5) is 23.5. The summed E-state index contributed by atoms with van der Waals surface area (Å²) in [6, 6.07) is 7.65. The smallest absolute Gasteiger partial charge is 0.259 e. The second kappa shape index (κ2) is 10.7. The molecule has 2 aromatic rings. The highest BCUT2D eigenvalue weighted by Crippen LogP contribution is 2.17. The van der Waals surface area contributed by atoms with Gasteiger partial charge in [0.25, 0.3) is 5.91 Å². The Morgan fingerprint density at radius 2 is 2.07 bits per heavy atom. The minimum Gasteiger partial charge on any atom is -0.484 e. The van der Waals surface area contributed by atoms with Gasteiger partial charge in [-0.15, -0.1) is 11.3 Å². The maximum Gasteiger partial charge on any atom is 0.259 e. The fourth-order valence-corrected chi connectivity index (χ4v) is 3.30. The Hall–Kier alpha value is -2.61. The minimum atomic E-state index is -0.0735. The number of aryl methyl sites for hydroxylation is 2. The lowest BCUT2D eigenvalue weighted by Gasteiger charge is -2.12. The van der Waals surface area contributed by atoms with Crippen molar-refractivity contribution in [1.29, 1.82) is 0 Å². The van der Waals surface area contributed by atoms with E-state index in [2.05, 4.69) is 20.6 Å². The first-order chi connectivity index (χ1) is 13.4. The second-order valence-electron chi connectivity index (χ2n) is 6.51. The number of aliphatic imine (C=N–C) groups is 1. The molecule has 0 saturated carbocycles. The SMILES string of the molecule is CCNC(=NCc1cccc(OCC(=O)N(C)C)c1)NCc1sc(C)nc1C. The average Bonchev–Trinajstić information content (AvgIpc) is 2.99. The van der Waals surface area contributed by atoms with Crippen LogP contribution in [0.25, 0.3) is 0 Å². The predicted octanol–water partition coefficient (Wildman–Crippen LogP) is 2.48. The van der Waals surface area contributed by atoms with Crippen LogP contribution in [-0.4, -0.2) is 49.0 Å². The molecule has 0 unspecified atom stereocenters. The Morgan fingerprint density at radius 3 is 2.71 bits per heavy atom. The van der Waals surface area contributed by atoms with Crippen LogP contribution in [0, 0.1) is 13.8 Å². The fraction of sp³-hybridized carbons (Fsp3) is 0.450. The third-order valence-corrected chi connectivity index (χ3v) is 5.01. The minimum absolute atomic E-state index is 0.0253. The number of benzene rings is 1. The summed E-state index contributed by atoms with van der Waals surface area (Å²) in [5.41, 5.74) is 2.07. The number of ether oxygens (including phenoxy) is 1. The zero-order valence-corrected chi connectivity index (χ0v) is 18.0. The van der Waals surface area contributed by atoms with E-state index in [-0.39, 0.29) is 12.5 Å². The van der Waals surface area contributed by atoms with E-state index in [1.807, 2.05) is 45.0 Å². The van der Waals surface area contributed by atoms with Gasteiger partial charge in [-0.05, 0) is 38.5 Å². The molecular weight excluding hydrogens is 374 g/mol. The maximum atomic E-state index is 11.7. The van der Waals surface area contributed by atoms with Crippen molar-refractivity contribution < 1.29 is 9.53 Å². The molecule has 152 valence electrons. The van der Waals surface area contributed by atoms with Crippen molar-refractivity contribution in [3.8, 4) is 5.75 Å². The molecule has 2 N–H and O–H groups in total. The number of likely N-dealkylation sites (N-methyl/N-ethyl adjacent to an activating group) is 1. The summed E-state index contributed by atoms with van der Waals surface area (Å²) < 4.78 is 5.57. The van der Waals surface area contributed by atoms with E-state index >= 15 is 0 Å². The number of nitrogens with zero attached hydrogens (tertiary/aromatic N) is 3. The predicted molar refractivity (Wildman–Crippen MR) is 114 cm³/mol. The van der Waals surface area contributed by atoms with Crippen LogP contribution in [0.1, 0.15) is 28.1 Å². The molecule has 2 rings (SSSR count). The first-order valence-corrected chi connectivity index (χ1v) is 10.1. The largest absolute Gasteiger partial charge is 0.484 e. The summed E-state index contributed by atoms with van der Waals surface area (Å²) in [5, 5.41) is 7.68. The molecule has 0 aliphatic heterocycles. The number of guanidine groups is 1. The highest BCUT2D eigenvalue weighted by Gasteiger charge is 2.07. The van der Waals surface area contributed by atoms with Gasteiger partial charge in [-0.3, -0.25) is 4.79 Å². The Labute approximate surface area is 170 Å². The summed E-state index contributed by atoms with van der Waals surface area (Å²) >= 11 is 1.70. The number of rotatable bonds is 8. The number of hydrogen-bond donors (Lipinski definition) is 2. The third kappa shape index (κ3) is 6.84. The van der Waals surface area contributed by atoms with Gasteiger partial charge in [0.15, 0.2) is 12.6 Å². The zero-order chi connectivity index (χ0) is 20.5. The molecule has 28 heavy (non-hydrogen) atoms. The number of carbonyl (C=O) groups excluding carboxylic acids is 1. The van der Waals surface area contributed by atoms with Gasteiger partial charge in [0.1, 0.15) is 5.75 Å². The first kappa shape index (κ1) is 21.7. The van der Waals surface area contributed by atoms with Crippen molar-refractivity contribution in [1.82, 2.24) is 20.5 Å². The summed E-state index contributed by atoms with van der Waals surface area (Å²) in [6.07, 6.45) is 0. The normalized spacial score (nSPS) is 11.2. The maximum absolute atomic E-state index is 11.7. The molecule has 1 amide bonds. The van der Waals surface area contributed by atoms with E-state index in [1.165, 1.54) is 9.78 Å². The van der Waals surface area contributed by atoms with Crippen molar-refractivity contribution >= 4 is 23.2 Å². The van der Waals surface area contributed by atoms with Crippen molar-refractivity contribution in [2.75, 3.05) is 27.2 Å². The molecule has 7 nitrogen and oxygen atoms in total. The molecule has 1 heterocycles. The Balaban J connectivity index is 1.96. The van der Waals surface area contributed by atoms with Gasteiger partial charge in [-0.1, -0.05) is 12.1 Å². The van der Waals surface area contributed by atoms with Gasteiger partial charge in [-0.2, -0.15) is 0 Å². The molecule has 0 saturated heterocycles. The average molecular weight is 404 g/mol. The number of aromatic nitrogens is 1.